The van der Waals surface area contributed by atoms with Gasteiger partial charge in [-0.3, -0.25) is 29.4 Å². The average molecular weight is 301 g/mol. The predicted molar refractivity (Wildman–Crippen MR) is 75.9 cm³/mol. The number of fused-ring (bicyclic) bond motifs is 1. The normalized spacial score (nSPS) is 21.1. The molecule has 7 nitrogen and oxygen atoms in total. The van der Waals surface area contributed by atoms with Crippen molar-refractivity contribution in [2.75, 3.05) is 6.54 Å². The molecule has 0 radical (unpaired) electrons. The minimum Gasteiger partial charge on any atom is -0.330 e. The Labute approximate surface area is 126 Å². The zero-order valence-electron chi connectivity index (χ0n) is 11.8. The van der Waals surface area contributed by atoms with Crippen LogP contribution in [-0.2, 0) is 16.0 Å². The highest BCUT2D eigenvalue weighted by molar-refractivity contribution is 6.24. The van der Waals surface area contributed by atoms with Gasteiger partial charge in [-0.1, -0.05) is 12.1 Å². The zero-order chi connectivity index (χ0) is 15.9. The van der Waals surface area contributed by atoms with E-state index in [0.717, 1.165) is 4.90 Å². The highest BCUT2D eigenvalue weighted by Gasteiger charge is 2.45. The number of carbonyl (C=O) groups excluding carboxylic acids is 4. The lowest BCUT2D eigenvalue weighted by atomic mass is 10.0. The third-order valence-corrected chi connectivity index (χ3v) is 3.97. The SMILES string of the molecule is NCCc1cccc2c1C(=O)N(C1CCC(=O)NC1=O)C2=O. The fraction of sp³-hybridized carbons (Fsp3) is 0.333. The minimum atomic E-state index is -0.934. The Kier molecular flexibility index (Phi) is 3.50. The number of benzene rings is 1. The lowest BCUT2D eigenvalue weighted by Crippen LogP contribution is -2.54. The molecule has 0 aliphatic carbocycles. The third-order valence-electron chi connectivity index (χ3n) is 3.97. The number of hydrogen-bond donors (Lipinski definition) is 2. The second-order valence-electron chi connectivity index (χ2n) is 5.33. The standard InChI is InChI=1S/C15H15N3O4/c16-7-6-8-2-1-3-9-12(8)15(22)18(14(9)21)10-4-5-11(19)17-13(10)20/h1-3,10H,4-7,16H2,(H,17,19,20). The van der Waals surface area contributed by atoms with Crippen LogP contribution in [0.3, 0.4) is 0 Å². The van der Waals surface area contributed by atoms with Gasteiger partial charge in [0, 0.05) is 6.42 Å². The second-order valence-corrected chi connectivity index (χ2v) is 5.33. The monoisotopic (exact) mass is 301 g/mol. The Balaban J connectivity index is 1.98. The number of hydrogen-bond acceptors (Lipinski definition) is 5. The minimum absolute atomic E-state index is 0.111. The van der Waals surface area contributed by atoms with E-state index in [0.29, 0.717) is 29.7 Å². The van der Waals surface area contributed by atoms with Gasteiger partial charge in [0.05, 0.1) is 11.1 Å². The molecule has 2 aliphatic rings. The summed E-state index contributed by atoms with van der Waals surface area (Å²) in [4.78, 5) is 49.3. The van der Waals surface area contributed by atoms with Crippen molar-refractivity contribution in [2.24, 2.45) is 5.73 Å². The molecule has 1 aromatic rings. The van der Waals surface area contributed by atoms with Crippen molar-refractivity contribution in [2.45, 2.75) is 25.3 Å². The Hall–Kier alpha value is -2.54. The molecule has 7 heteroatoms. The second kappa shape index (κ2) is 5.34. The van der Waals surface area contributed by atoms with Crippen molar-refractivity contribution < 1.29 is 19.2 Å². The number of piperidine rings is 1. The van der Waals surface area contributed by atoms with E-state index >= 15 is 0 Å². The number of rotatable bonds is 3. The highest BCUT2D eigenvalue weighted by Crippen LogP contribution is 2.29. The molecule has 4 amide bonds. The first-order chi connectivity index (χ1) is 10.5. The summed E-state index contributed by atoms with van der Waals surface area (Å²) in [7, 11) is 0. The molecular weight excluding hydrogens is 286 g/mol. The van der Waals surface area contributed by atoms with Crippen molar-refractivity contribution in [3.8, 4) is 0 Å². The van der Waals surface area contributed by atoms with E-state index in [-0.39, 0.29) is 18.7 Å². The summed E-state index contributed by atoms with van der Waals surface area (Å²) in [5, 5.41) is 2.17. The lowest BCUT2D eigenvalue weighted by molar-refractivity contribution is -0.136. The summed E-state index contributed by atoms with van der Waals surface area (Å²) < 4.78 is 0. The molecule has 0 saturated carbocycles. The quantitative estimate of drug-likeness (QED) is 0.737. The van der Waals surface area contributed by atoms with E-state index in [9.17, 15) is 19.2 Å². The molecule has 114 valence electrons. The van der Waals surface area contributed by atoms with Crippen molar-refractivity contribution >= 4 is 23.6 Å². The molecular formula is C15H15N3O4. The van der Waals surface area contributed by atoms with E-state index in [1.54, 1.807) is 18.2 Å². The van der Waals surface area contributed by atoms with E-state index in [2.05, 4.69) is 5.32 Å². The van der Waals surface area contributed by atoms with Crippen LogP contribution >= 0.6 is 0 Å². The van der Waals surface area contributed by atoms with Crippen LogP contribution in [0.2, 0.25) is 0 Å². The lowest BCUT2D eigenvalue weighted by Gasteiger charge is -2.27. The van der Waals surface area contributed by atoms with Crippen LogP contribution in [0, 0.1) is 0 Å². The molecule has 1 aromatic carbocycles. The highest BCUT2D eigenvalue weighted by atomic mass is 16.2. The van der Waals surface area contributed by atoms with Gasteiger partial charge in [-0.05, 0) is 31.0 Å². The van der Waals surface area contributed by atoms with Crippen LogP contribution < -0.4 is 11.1 Å². The van der Waals surface area contributed by atoms with Gasteiger partial charge in [-0.25, -0.2) is 0 Å². The largest absolute Gasteiger partial charge is 0.330 e. The van der Waals surface area contributed by atoms with Crippen LogP contribution in [0.25, 0.3) is 0 Å². The summed E-state index contributed by atoms with van der Waals surface area (Å²) in [5.74, 6) is -1.97. The Morgan fingerprint density at radius 2 is 1.95 bits per heavy atom. The van der Waals surface area contributed by atoms with Gasteiger partial charge >= 0.3 is 0 Å². The maximum atomic E-state index is 12.6. The van der Waals surface area contributed by atoms with E-state index in [1.807, 2.05) is 0 Å². The van der Waals surface area contributed by atoms with E-state index in [1.165, 1.54) is 0 Å². The Bertz CT molecular complexity index is 698. The number of nitrogens with zero attached hydrogens (tertiary/aromatic N) is 1. The molecule has 1 fully saturated rings. The molecule has 0 aromatic heterocycles. The number of nitrogens with two attached hydrogens (primary N) is 1. The van der Waals surface area contributed by atoms with Gasteiger partial charge in [-0.2, -0.15) is 0 Å². The molecule has 2 aliphatic heterocycles. The molecule has 2 heterocycles. The van der Waals surface area contributed by atoms with Gasteiger partial charge in [0.2, 0.25) is 11.8 Å². The number of imide groups is 2. The topological polar surface area (TPSA) is 110 Å². The summed E-state index contributed by atoms with van der Waals surface area (Å²) in [6.07, 6.45) is 0.743. The van der Waals surface area contributed by atoms with Crippen LogP contribution in [-0.4, -0.2) is 41.1 Å². The summed E-state index contributed by atoms with van der Waals surface area (Å²) in [6.45, 7) is 0.357. The predicted octanol–water partition coefficient (Wildman–Crippen LogP) is -0.411. The molecule has 1 atom stereocenters. The van der Waals surface area contributed by atoms with Gasteiger partial charge in [0.15, 0.2) is 0 Å². The molecule has 0 spiro atoms. The molecule has 3 rings (SSSR count). The van der Waals surface area contributed by atoms with Crippen molar-refractivity contribution in [1.29, 1.82) is 0 Å². The Morgan fingerprint density at radius 3 is 2.64 bits per heavy atom. The third kappa shape index (κ3) is 2.10. The van der Waals surface area contributed by atoms with Crippen LogP contribution in [0.1, 0.15) is 39.1 Å². The summed E-state index contributed by atoms with van der Waals surface area (Å²) in [6, 6.07) is 4.09. The van der Waals surface area contributed by atoms with Gasteiger partial charge in [-0.15, -0.1) is 0 Å². The maximum Gasteiger partial charge on any atom is 0.262 e. The van der Waals surface area contributed by atoms with Crippen molar-refractivity contribution in [3.63, 3.8) is 0 Å². The smallest absolute Gasteiger partial charge is 0.262 e. The van der Waals surface area contributed by atoms with Crippen molar-refractivity contribution in [1.82, 2.24) is 10.2 Å². The molecule has 3 N–H and O–H groups in total. The average Bonchev–Trinajstić information content (AvgIpc) is 2.73. The molecule has 1 saturated heterocycles. The van der Waals surface area contributed by atoms with Crippen LogP contribution in [0.5, 0.6) is 0 Å². The first kappa shape index (κ1) is 14.4. The van der Waals surface area contributed by atoms with Crippen LogP contribution in [0.15, 0.2) is 18.2 Å². The van der Waals surface area contributed by atoms with E-state index in [4.69, 9.17) is 5.73 Å². The first-order valence-corrected chi connectivity index (χ1v) is 7.08. The van der Waals surface area contributed by atoms with E-state index < -0.39 is 23.8 Å². The maximum absolute atomic E-state index is 12.6. The van der Waals surface area contributed by atoms with Gasteiger partial charge in [0.1, 0.15) is 6.04 Å². The van der Waals surface area contributed by atoms with Crippen LogP contribution in [0.4, 0.5) is 0 Å². The fourth-order valence-corrected chi connectivity index (χ4v) is 2.95. The first-order valence-electron chi connectivity index (χ1n) is 7.08. The summed E-state index contributed by atoms with van der Waals surface area (Å²) >= 11 is 0. The van der Waals surface area contributed by atoms with Crippen molar-refractivity contribution in [3.05, 3.63) is 34.9 Å². The number of amides is 4. The van der Waals surface area contributed by atoms with Gasteiger partial charge < -0.3 is 5.73 Å². The zero-order valence-corrected chi connectivity index (χ0v) is 11.8. The molecule has 22 heavy (non-hydrogen) atoms. The van der Waals surface area contributed by atoms with Gasteiger partial charge in [0.25, 0.3) is 11.8 Å². The fourth-order valence-electron chi connectivity index (χ4n) is 2.95. The number of nitrogens with one attached hydrogen (secondary N) is 1. The number of carbonyl (C=O) groups is 4. The molecule has 0 bridgehead atoms. The Morgan fingerprint density at radius 1 is 1.18 bits per heavy atom. The summed E-state index contributed by atoms with van der Waals surface area (Å²) in [5.41, 5.74) is 6.85. The molecule has 1 unspecified atom stereocenters.